The first-order valence-corrected chi connectivity index (χ1v) is 7.14. The molecule has 1 saturated heterocycles. The molecule has 1 fully saturated rings. The Morgan fingerprint density at radius 3 is 2.65 bits per heavy atom. The third-order valence-electron chi connectivity index (χ3n) is 2.82. The second-order valence-corrected chi connectivity index (χ2v) is 5.05. The molecular formula is C11H19NO4S. The summed E-state index contributed by atoms with van der Waals surface area (Å²) in [6.45, 7) is 1.17. The van der Waals surface area contributed by atoms with Crippen LogP contribution in [0.5, 0.6) is 0 Å². The molecule has 1 amide bonds. The van der Waals surface area contributed by atoms with Gasteiger partial charge in [0.15, 0.2) is 0 Å². The molecule has 0 aromatic rings. The van der Waals surface area contributed by atoms with Crippen molar-refractivity contribution in [1.29, 1.82) is 0 Å². The molecule has 1 aliphatic rings. The Balaban J connectivity index is 2.42. The average molecular weight is 261 g/mol. The molecule has 6 heteroatoms. The number of nitrogens with one attached hydrogen (secondary N) is 1. The van der Waals surface area contributed by atoms with Gasteiger partial charge in [-0.25, -0.2) is 4.79 Å². The predicted molar refractivity (Wildman–Crippen MR) is 66.1 cm³/mol. The minimum atomic E-state index is -0.959. The summed E-state index contributed by atoms with van der Waals surface area (Å²) in [5, 5.41) is 11.6. The second kappa shape index (κ2) is 7.55. The van der Waals surface area contributed by atoms with Crippen LogP contribution in [0.3, 0.4) is 0 Å². The summed E-state index contributed by atoms with van der Waals surface area (Å²) < 4.78 is 5.17. The van der Waals surface area contributed by atoms with Gasteiger partial charge in [0.2, 0.25) is 5.91 Å². The van der Waals surface area contributed by atoms with Crippen LogP contribution < -0.4 is 5.32 Å². The maximum atomic E-state index is 11.8. The molecule has 0 spiro atoms. The molecule has 0 aromatic carbocycles. The summed E-state index contributed by atoms with van der Waals surface area (Å²) in [5.41, 5.74) is 0. The normalized spacial score (nSPS) is 18.6. The number of carboxylic acids is 1. The highest BCUT2D eigenvalue weighted by Gasteiger charge is 2.26. The van der Waals surface area contributed by atoms with Crippen molar-refractivity contribution < 1.29 is 19.4 Å². The molecule has 1 rings (SSSR count). The number of rotatable bonds is 6. The van der Waals surface area contributed by atoms with E-state index < -0.39 is 12.0 Å². The van der Waals surface area contributed by atoms with Gasteiger partial charge < -0.3 is 15.2 Å². The quantitative estimate of drug-likeness (QED) is 0.737. The fraction of sp³-hybridized carbons (Fsp3) is 0.818. The Bertz CT molecular complexity index is 266. The molecule has 0 aromatic heterocycles. The molecule has 0 unspecified atom stereocenters. The fourth-order valence-electron chi connectivity index (χ4n) is 1.74. The van der Waals surface area contributed by atoms with E-state index >= 15 is 0 Å². The summed E-state index contributed by atoms with van der Waals surface area (Å²) in [6.07, 6.45) is 3.74. The van der Waals surface area contributed by atoms with Gasteiger partial charge in [-0.3, -0.25) is 4.79 Å². The fourth-order valence-corrected chi connectivity index (χ4v) is 2.21. The van der Waals surface area contributed by atoms with Crippen LogP contribution in [0.2, 0.25) is 0 Å². The van der Waals surface area contributed by atoms with E-state index in [0.717, 1.165) is 5.75 Å². The van der Waals surface area contributed by atoms with Crippen molar-refractivity contribution in [1.82, 2.24) is 5.32 Å². The number of ether oxygens (including phenoxy) is 1. The lowest BCUT2D eigenvalue weighted by molar-refractivity contribution is -0.143. The van der Waals surface area contributed by atoms with Crippen LogP contribution in [0.4, 0.5) is 0 Å². The van der Waals surface area contributed by atoms with Gasteiger partial charge in [0.05, 0.1) is 0 Å². The maximum absolute atomic E-state index is 11.8. The largest absolute Gasteiger partial charge is 0.480 e. The van der Waals surface area contributed by atoms with E-state index in [4.69, 9.17) is 9.84 Å². The zero-order valence-electron chi connectivity index (χ0n) is 9.98. The second-order valence-electron chi connectivity index (χ2n) is 4.07. The number of carbonyl (C=O) groups is 2. The van der Waals surface area contributed by atoms with Gasteiger partial charge in [-0.1, -0.05) is 0 Å². The molecule has 0 bridgehead atoms. The summed E-state index contributed by atoms with van der Waals surface area (Å²) in [5.74, 6) is -0.480. The first-order chi connectivity index (χ1) is 8.15. The van der Waals surface area contributed by atoms with Crippen LogP contribution in [0.15, 0.2) is 0 Å². The van der Waals surface area contributed by atoms with Crippen molar-refractivity contribution in [3.8, 4) is 0 Å². The lowest BCUT2D eigenvalue weighted by Crippen LogP contribution is -2.45. The van der Waals surface area contributed by atoms with Gasteiger partial charge >= 0.3 is 5.97 Å². The summed E-state index contributed by atoms with van der Waals surface area (Å²) in [4.78, 5) is 22.8. The van der Waals surface area contributed by atoms with Crippen LogP contribution >= 0.6 is 11.8 Å². The van der Waals surface area contributed by atoms with Crippen LogP contribution in [0.1, 0.15) is 19.3 Å². The van der Waals surface area contributed by atoms with Crippen molar-refractivity contribution in [2.45, 2.75) is 25.3 Å². The first kappa shape index (κ1) is 14.3. The minimum Gasteiger partial charge on any atom is -0.480 e. The monoisotopic (exact) mass is 261 g/mol. The average Bonchev–Trinajstić information content (AvgIpc) is 2.35. The third kappa shape index (κ3) is 4.95. The molecule has 1 atom stereocenters. The first-order valence-electron chi connectivity index (χ1n) is 5.75. The zero-order chi connectivity index (χ0) is 12.7. The standard InChI is InChI=1S/C11H19NO4S/c1-17-7-4-9(11(14)15)12-10(13)8-2-5-16-6-3-8/h8-9H,2-7H2,1H3,(H,12,13)(H,14,15)/t9-/m1/s1. The Morgan fingerprint density at radius 1 is 1.47 bits per heavy atom. The van der Waals surface area contributed by atoms with Gasteiger partial charge in [-0.05, 0) is 31.3 Å². The minimum absolute atomic E-state index is 0.0973. The highest BCUT2D eigenvalue weighted by Crippen LogP contribution is 2.15. The van der Waals surface area contributed by atoms with E-state index in [1.807, 2.05) is 6.26 Å². The maximum Gasteiger partial charge on any atom is 0.326 e. The van der Waals surface area contributed by atoms with E-state index in [1.165, 1.54) is 0 Å². The zero-order valence-corrected chi connectivity index (χ0v) is 10.8. The predicted octanol–water partition coefficient (Wildman–Crippen LogP) is 0.735. The van der Waals surface area contributed by atoms with E-state index in [9.17, 15) is 9.59 Å². The Hall–Kier alpha value is -0.750. The molecule has 1 heterocycles. The Kier molecular flexibility index (Phi) is 6.36. The van der Waals surface area contributed by atoms with Crippen molar-refractivity contribution in [3.63, 3.8) is 0 Å². The van der Waals surface area contributed by atoms with Crippen molar-refractivity contribution in [2.24, 2.45) is 5.92 Å². The van der Waals surface area contributed by atoms with Gasteiger partial charge in [0.1, 0.15) is 6.04 Å². The van der Waals surface area contributed by atoms with Crippen LogP contribution in [0, 0.1) is 5.92 Å². The van der Waals surface area contributed by atoms with Gasteiger partial charge in [-0.15, -0.1) is 0 Å². The highest BCUT2D eigenvalue weighted by molar-refractivity contribution is 7.98. The third-order valence-corrected chi connectivity index (χ3v) is 3.46. The van der Waals surface area contributed by atoms with Gasteiger partial charge in [0.25, 0.3) is 0 Å². The molecule has 0 saturated carbocycles. The summed E-state index contributed by atoms with van der Waals surface area (Å²) in [7, 11) is 0. The van der Waals surface area contributed by atoms with Crippen molar-refractivity contribution in [3.05, 3.63) is 0 Å². The number of aliphatic carboxylic acids is 1. The number of carbonyl (C=O) groups excluding carboxylic acids is 1. The molecule has 1 aliphatic heterocycles. The highest BCUT2D eigenvalue weighted by atomic mass is 32.2. The SMILES string of the molecule is CSCC[C@@H](NC(=O)C1CCOCC1)C(=O)O. The molecule has 5 nitrogen and oxygen atoms in total. The number of hydrogen-bond acceptors (Lipinski definition) is 4. The van der Waals surface area contributed by atoms with Crippen LogP contribution in [-0.2, 0) is 14.3 Å². The van der Waals surface area contributed by atoms with Crippen molar-refractivity contribution >= 4 is 23.6 Å². The molecular weight excluding hydrogens is 242 g/mol. The summed E-state index contributed by atoms with van der Waals surface area (Å²) >= 11 is 1.58. The molecule has 98 valence electrons. The van der Waals surface area contributed by atoms with Crippen molar-refractivity contribution in [2.75, 3.05) is 25.2 Å². The smallest absolute Gasteiger partial charge is 0.326 e. The molecule has 0 aliphatic carbocycles. The van der Waals surface area contributed by atoms with Gasteiger partial charge in [-0.2, -0.15) is 11.8 Å². The van der Waals surface area contributed by atoms with Crippen LogP contribution in [0.25, 0.3) is 0 Å². The Labute approximate surface area is 105 Å². The number of thioether (sulfide) groups is 1. The van der Waals surface area contributed by atoms with E-state index in [1.54, 1.807) is 11.8 Å². The number of carboxylic acid groups (broad SMARTS) is 1. The van der Waals surface area contributed by atoms with E-state index in [0.29, 0.717) is 32.5 Å². The number of amides is 1. The molecule has 17 heavy (non-hydrogen) atoms. The molecule has 0 radical (unpaired) electrons. The number of hydrogen-bond donors (Lipinski definition) is 2. The Morgan fingerprint density at radius 2 is 2.12 bits per heavy atom. The van der Waals surface area contributed by atoms with E-state index in [2.05, 4.69) is 5.32 Å². The van der Waals surface area contributed by atoms with Crippen LogP contribution in [-0.4, -0.2) is 48.2 Å². The van der Waals surface area contributed by atoms with E-state index in [-0.39, 0.29) is 11.8 Å². The topological polar surface area (TPSA) is 75.6 Å². The lowest BCUT2D eigenvalue weighted by Gasteiger charge is -2.23. The lowest BCUT2D eigenvalue weighted by atomic mass is 9.99. The van der Waals surface area contributed by atoms with Gasteiger partial charge in [0, 0.05) is 19.1 Å². The summed E-state index contributed by atoms with van der Waals surface area (Å²) in [6, 6.07) is -0.766. The molecule has 2 N–H and O–H groups in total.